The van der Waals surface area contributed by atoms with Crippen molar-refractivity contribution in [1.29, 1.82) is 0 Å². The normalized spacial score (nSPS) is 11.9. The third-order valence-electron chi connectivity index (χ3n) is 5.51. The Balaban J connectivity index is 1.83. The SMILES string of the molecule is CC[C@H](C(=O)NCC(C)C)N(Cc1ccc(Cl)c(Cl)c1)C(=O)COc1cccc2ccccc12. The molecule has 0 bridgehead atoms. The van der Waals surface area contributed by atoms with Crippen molar-refractivity contribution in [2.24, 2.45) is 5.92 Å². The van der Waals surface area contributed by atoms with E-state index in [1.54, 1.807) is 23.1 Å². The fourth-order valence-corrected chi connectivity index (χ4v) is 4.04. The predicted octanol–water partition coefficient (Wildman–Crippen LogP) is 6.11. The molecule has 0 aromatic heterocycles. The molecule has 1 N–H and O–H groups in total. The van der Waals surface area contributed by atoms with Crippen LogP contribution in [-0.4, -0.2) is 35.9 Å². The molecule has 0 aliphatic heterocycles. The van der Waals surface area contributed by atoms with Gasteiger partial charge in [0.25, 0.3) is 5.91 Å². The highest BCUT2D eigenvalue weighted by atomic mass is 35.5. The Morgan fingerprint density at radius 2 is 1.74 bits per heavy atom. The minimum Gasteiger partial charge on any atom is -0.483 e. The maximum atomic E-state index is 13.4. The van der Waals surface area contributed by atoms with Gasteiger partial charge in [-0.15, -0.1) is 0 Å². The van der Waals surface area contributed by atoms with Crippen molar-refractivity contribution in [2.75, 3.05) is 13.2 Å². The molecule has 0 unspecified atom stereocenters. The summed E-state index contributed by atoms with van der Waals surface area (Å²) < 4.78 is 5.95. The summed E-state index contributed by atoms with van der Waals surface area (Å²) in [6.07, 6.45) is 0.464. The summed E-state index contributed by atoms with van der Waals surface area (Å²) in [7, 11) is 0. The Kier molecular flexibility index (Phi) is 9.20. The number of halogens is 2. The van der Waals surface area contributed by atoms with Crippen LogP contribution in [0.3, 0.4) is 0 Å². The van der Waals surface area contributed by atoms with Gasteiger partial charge in [-0.2, -0.15) is 0 Å². The molecule has 0 aliphatic carbocycles. The van der Waals surface area contributed by atoms with E-state index >= 15 is 0 Å². The number of benzene rings is 3. The van der Waals surface area contributed by atoms with Crippen LogP contribution in [0.15, 0.2) is 60.7 Å². The van der Waals surface area contributed by atoms with E-state index in [-0.39, 0.29) is 25.0 Å². The topological polar surface area (TPSA) is 58.6 Å². The molecule has 0 heterocycles. The smallest absolute Gasteiger partial charge is 0.261 e. The van der Waals surface area contributed by atoms with Crippen molar-refractivity contribution in [1.82, 2.24) is 10.2 Å². The number of hydrogen-bond donors (Lipinski definition) is 1. The van der Waals surface area contributed by atoms with Crippen LogP contribution >= 0.6 is 23.2 Å². The minimum atomic E-state index is -0.642. The van der Waals surface area contributed by atoms with Gasteiger partial charge < -0.3 is 15.0 Å². The van der Waals surface area contributed by atoms with Crippen molar-refractivity contribution >= 4 is 45.8 Å². The quantitative estimate of drug-likeness (QED) is 0.365. The second-order valence-electron chi connectivity index (χ2n) is 8.60. The Morgan fingerprint density at radius 3 is 2.44 bits per heavy atom. The molecular formula is C27H30Cl2N2O3. The number of hydrogen-bond acceptors (Lipinski definition) is 3. The first-order valence-corrected chi connectivity index (χ1v) is 12.2. The fraction of sp³-hybridized carbons (Fsp3) is 0.333. The first-order chi connectivity index (χ1) is 16.3. The molecule has 2 amide bonds. The van der Waals surface area contributed by atoms with Crippen molar-refractivity contribution in [2.45, 2.75) is 39.8 Å². The molecular weight excluding hydrogens is 471 g/mol. The second-order valence-corrected chi connectivity index (χ2v) is 9.41. The predicted molar refractivity (Wildman–Crippen MR) is 138 cm³/mol. The van der Waals surface area contributed by atoms with Crippen LogP contribution in [0, 0.1) is 5.92 Å². The summed E-state index contributed by atoms with van der Waals surface area (Å²) in [4.78, 5) is 28.0. The van der Waals surface area contributed by atoms with Crippen LogP contribution in [-0.2, 0) is 16.1 Å². The van der Waals surface area contributed by atoms with Gasteiger partial charge in [0.2, 0.25) is 5.91 Å². The monoisotopic (exact) mass is 500 g/mol. The first kappa shape index (κ1) is 25.9. The van der Waals surface area contributed by atoms with Gasteiger partial charge in [0.15, 0.2) is 6.61 Å². The van der Waals surface area contributed by atoms with E-state index in [9.17, 15) is 9.59 Å². The van der Waals surface area contributed by atoms with Crippen molar-refractivity contribution in [3.63, 3.8) is 0 Å². The van der Waals surface area contributed by atoms with Gasteiger partial charge in [0, 0.05) is 18.5 Å². The molecule has 34 heavy (non-hydrogen) atoms. The highest BCUT2D eigenvalue weighted by molar-refractivity contribution is 6.42. The van der Waals surface area contributed by atoms with E-state index in [1.807, 2.05) is 63.2 Å². The molecule has 0 fully saturated rings. The van der Waals surface area contributed by atoms with Gasteiger partial charge in [-0.25, -0.2) is 0 Å². The van der Waals surface area contributed by atoms with Crippen molar-refractivity contribution in [3.05, 3.63) is 76.3 Å². The molecule has 0 aliphatic rings. The first-order valence-electron chi connectivity index (χ1n) is 11.4. The number of carbonyl (C=O) groups excluding carboxylic acids is 2. The van der Waals surface area contributed by atoms with Crippen LogP contribution in [0.1, 0.15) is 32.8 Å². The van der Waals surface area contributed by atoms with E-state index in [4.69, 9.17) is 27.9 Å². The maximum absolute atomic E-state index is 13.4. The summed E-state index contributed by atoms with van der Waals surface area (Å²) in [5.41, 5.74) is 0.781. The largest absolute Gasteiger partial charge is 0.483 e. The van der Waals surface area contributed by atoms with E-state index < -0.39 is 6.04 Å². The molecule has 3 aromatic carbocycles. The molecule has 0 saturated carbocycles. The van der Waals surface area contributed by atoms with Crippen LogP contribution in [0.25, 0.3) is 10.8 Å². The molecule has 3 rings (SSSR count). The summed E-state index contributed by atoms with van der Waals surface area (Å²) >= 11 is 12.3. The zero-order valence-electron chi connectivity index (χ0n) is 19.7. The van der Waals surface area contributed by atoms with E-state index in [0.717, 1.165) is 16.3 Å². The molecule has 5 nitrogen and oxygen atoms in total. The molecule has 3 aromatic rings. The lowest BCUT2D eigenvalue weighted by Gasteiger charge is -2.31. The zero-order valence-corrected chi connectivity index (χ0v) is 21.2. The standard InChI is InChI=1S/C27H30Cl2N2O3/c1-4-24(27(33)30-15-18(2)3)31(16-19-12-13-22(28)23(29)14-19)26(32)17-34-25-11-7-9-20-8-5-6-10-21(20)25/h5-14,18,24H,4,15-17H2,1-3H3,(H,30,33)/t24-/m1/s1. The average molecular weight is 501 g/mol. The second kappa shape index (κ2) is 12.1. The number of fused-ring (bicyclic) bond motifs is 1. The lowest BCUT2D eigenvalue weighted by Crippen LogP contribution is -2.50. The number of nitrogens with one attached hydrogen (secondary N) is 1. The molecule has 7 heteroatoms. The molecule has 0 radical (unpaired) electrons. The van der Waals surface area contributed by atoms with Crippen LogP contribution < -0.4 is 10.1 Å². The fourth-order valence-electron chi connectivity index (χ4n) is 3.72. The lowest BCUT2D eigenvalue weighted by atomic mass is 10.1. The van der Waals surface area contributed by atoms with Crippen LogP contribution in [0.4, 0.5) is 0 Å². The van der Waals surface area contributed by atoms with Crippen molar-refractivity contribution < 1.29 is 14.3 Å². The van der Waals surface area contributed by atoms with Gasteiger partial charge in [-0.1, -0.05) is 86.4 Å². The Morgan fingerprint density at radius 1 is 1.00 bits per heavy atom. The summed E-state index contributed by atoms with van der Waals surface area (Å²) in [5.74, 6) is 0.453. The molecule has 180 valence electrons. The van der Waals surface area contributed by atoms with E-state index in [0.29, 0.717) is 34.7 Å². The summed E-state index contributed by atoms with van der Waals surface area (Å²) in [5, 5.41) is 5.74. The van der Waals surface area contributed by atoms with Gasteiger partial charge in [0.1, 0.15) is 11.8 Å². The number of nitrogens with zero attached hydrogens (tertiary/aromatic N) is 1. The third-order valence-corrected chi connectivity index (χ3v) is 6.25. The van der Waals surface area contributed by atoms with E-state index in [1.165, 1.54) is 0 Å². The number of amides is 2. The third kappa shape index (κ3) is 6.64. The van der Waals surface area contributed by atoms with Crippen molar-refractivity contribution in [3.8, 4) is 5.75 Å². The average Bonchev–Trinajstić information content (AvgIpc) is 2.83. The minimum absolute atomic E-state index is 0.185. The van der Waals surface area contributed by atoms with Gasteiger partial charge in [-0.3, -0.25) is 9.59 Å². The van der Waals surface area contributed by atoms with Gasteiger partial charge in [0.05, 0.1) is 10.0 Å². The van der Waals surface area contributed by atoms with Crippen LogP contribution in [0.5, 0.6) is 5.75 Å². The summed E-state index contributed by atoms with van der Waals surface area (Å²) in [6.45, 7) is 6.50. The zero-order chi connectivity index (χ0) is 24.7. The van der Waals surface area contributed by atoms with Gasteiger partial charge >= 0.3 is 0 Å². The number of carbonyl (C=O) groups is 2. The van der Waals surface area contributed by atoms with Gasteiger partial charge in [-0.05, 0) is 41.5 Å². The highest BCUT2D eigenvalue weighted by Crippen LogP contribution is 2.26. The van der Waals surface area contributed by atoms with Crippen LogP contribution in [0.2, 0.25) is 10.0 Å². The Bertz CT molecular complexity index is 1140. The maximum Gasteiger partial charge on any atom is 0.261 e. The Hall–Kier alpha value is -2.76. The number of rotatable bonds is 10. The molecule has 0 spiro atoms. The van der Waals surface area contributed by atoms with E-state index in [2.05, 4.69) is 5.32 Å². The lowest BCUT2D eigenvalue weighted by molar-refractivity contribution is -0.143. The molecule has 0 saturated heterocycles. The Labute approximate surface area is 211 Å². The number of ether oxygens (including phenoxy) is 1. The molecule has 1 atom stereocenters. The summed E-state index contributed by atoms with van der Waals surface area (Å²) in [6, 6.07) is 18.1. The highest BCUT2D eigenvalue weighted by Gasteiger charge is 2.29.